The molecule has 5 atom stereocenters. The molecule has 3 N–H and O–H groups in total. The largest absolute Gasteiger partial charge is 0.481 e. The van der Waals surface area contributed by atoms with Gasteiger partial charge < -0.3 is 15.3 Å². The van der Waals surface area contributed by atoms with Gasteiger partial charge in [-0.05, 0) is 36.5 Å². The van der Waals surface area contributed by atoms with Crippen molar-refractivity contribution >= 4 is 5.97 Å². The molecule has 4 heteroatoms. The molecule has 2 aliphatic rings. The van der Waals surface area contributed by atoms with Crippen molar-refractivity contribution in [1.29, 1.82) is 0 Å². The van der Waals surface area contributed by atoms with E-state index in [0.717, 1.165) is 12.8 Å². The summed E-state index contributed by atoms with van der Waals surface area (Å²) in [7, 11) is 0. The van der Waals surface area contributed by atoms with Crippen LogP contribution < -0.4 is 0 Å². The van der Waals surface area contributed by atoms with Crippen molar-refractivity contribution in [2.24, 2.45) is 28.6 Å². The highest BCUT2D eigenvalue weighted by molar-refractivity contribution is 5.72. The molecule has 2 aliphatic carbocycles. The van der Waals surface area contributed by atoms with E-state index in [4.69, 9.17) is 0 Å². The van der Waals surface area contributed by atoms with Crippen molar-refractivity contribution < 1.29 is 20.1 Å². The first kappa shape index (κ1) is 14.8. The lowest BCUT2D eigenvalue weighted by molar-refractivity contribution is -0.197. The van der Waals surface area contributed by atoms with Crippen molar-refractivity contribution in [2.45, 2.75) is 52.6 Å². The smallest absolute Gasteiger partial charge is 0.309 e. The molecule has 0 radical (unpaired) electrons. The van der Waals surface area contributed by atoms with Crippen LogP contribution in [0.5, 0.6) is 0 Å². The Bertz CT molecular complexity index is 392. The monoisotopic (exact) mass is 270 g/mol. The SMILES string of the molecule is C[C@@H]1CC[C@H]2C(C)(C)C[C@@](C)(CO)[C@]2(O)[C@@H]1C(=O)O. The Morgan fingerprint density at radius 1 is 1.26 bits per heavy atom. The molecule has 0 spiro atoms. The summed E-state index contributed by atoms with van der Waals surface area (Å²) < 4.78 is 0. The second-order valence-corrected chi connectivity index (χ2v) is 7.63. The average molecular weight is 270 g/mol. The van der Waals surface area contributed by atoms with Gasteiger partial charge in [-0.15, -0.1) is 0 Å². The summed E-state index contributed by atoms with van der Waals surface area (Å²) in [4.78, 5) is 11.7. The first-order valence-electron chi connectivity index (χ1n) is 7.16. The van der Waals surface area contributed by atoms with Crippen LogP contribution in [0.4, 0.5) is 0 Å². The van der Waals surface area contributed by atoms with E-state index >= 15 is 0 Å². The maximum Gasteiger partial charge on any atom is 0.309 e. The van der Waals surface area contributed by atoms with E-state index < -0.39 is 22.9 Å². The predicted molar refractivity (Wildman–Crippen MR) is 71.6 cm³/mol. The third-order valence-corrected chi connectivity index (χ3v) is 5.86. The second kappa shape index (κ2) is 4.19. The van der Waals surface area contributed by atoms with Crippen LogP contribution in [0.15, 0.2) is 0 Å². The van der Waals surface area contributed by atoms with E-state index in [2.05, 4.69) is 13.8 Å². The summed E-state index contributed by atoms with van der Waals surface area (Å²) in [6, 6.07) is 0. The number of aliphatic hydroxyl groups is 2. The van der Waals surface area contributed by atoms with Gasteiger partial charge in [-0.2, -0.15) is 0 Å². The minimum absolute atomic E-state index is 0.0569. The van der Waals surface area contributed by atoms with E-state index in [1.165, 1.54) is 0 Å². The number of hydrogen-bond donors (Lipinski definition) is 3. The van der Waals surface area contributed by atoms with Gasteiger partial charge in [0.25, 0.3) is 0 Å². The number of aliphatic hydroxyl groups excluding tert-OH is 1. The van der Waals surface area contributed by atoms with Gasteiger partial charge in [-0.1, -0.05) is 27.7 Å². The van der Waals surface area contributed by atoms with E-state index in [0.29, 0.717) is 6.42 Å². The van der Waals surface area contributed by atoms with E-state index in [9.17, 15) is 20.1 Å². The van der Waals surface area contributed by atoms with Crippen LogP contribution in [0.25, 0.3) is 0 Å². The van der Waals surface area contributed by atoms with Gasteiger partial charge in [-0.25, -0.2) is 0 Å². The Kier molecular flexibility index (Phi) is 3.26. The Hall–Kier alpha value is -0.610. The van der Waals surface area contributed by atoms with Gasteiger partial charge >= 0.3 is 5.97 Å². The van der Waals surface area contributed by atoms with Crippen LogP contribution in [0, 0.1) is 28.6 Å². The quantitative estimate of drug-likeness (QED) is 0.716. The molecule has 0 heterocycles. The summed E-state index contributed by atoms with van der Waals surface area (Å²) >= 11 is 0. The number of rotatable bonds is 2. The average Bonchev–Trinajstić information content (AvgIpc) is 2.42. The number of carbonyl (C=O) groups is 1. The first-order valence-corrected chi connectivity index (χ1v) is 7.16. The van der Waals surface area contributed by atoms with Gasteiger partial charge in [0.05, 0.1) is 18.1 Å². The lowest BCUT2D eigenvalue weighted by Crippen LogP contribution is -2.61. The lowest BCUT2D eigenvalue weighted by Gasteiger charge is -2.51. The molecule has 0 bridgehead atoms. The maximum atomic E-state index is 11.7. The Morgan fingerprint density at radius 2 is 1.84 bits per heavy atom. The minimum Gasteiger partial charge on any atom is -0.481 e. The molecule has 19 heavy (non-hydrogen) atoms. The molecule has 0 aromatic rings. The fraction of sp³-hybridized carbons (Fsp3) is 0.933. The van der Waals surface area contributed by atoms with Crippen LogP contribution in [0.2, 0.25) is 0 Å². The van der Waals surface area contributed by atoms with Crippen molar-refractivity contribution in [2.75, 3.05) is 6.61 Å². The first-order chi connectivity index (χ1) is 8.60. The Labute approximate surface area is 114 Å². The highest BCUT2D eigenvalue weighted by atomic mass is 16.4. The van der Waals surface area contributed by atoms with Crippen LogP contribution in [0.3, 0.4) is 0 Å². The molecule has 0 aromatic carbocycles. The van der Waals surface area contributed by atoms with Crippen molar-refractivity contribution in [3.63, 3.8) is 0 Å². The summed E-state index contributed by atoms with van der Waals surface area (Å²) in [6.07, 6.45) is 2.33. The van der Waals surface area contributed by atoms with E-state index in [-0.39, 0.29) is 23.9 Å². The summed E-state index contributed by atoms with van der Waals surface area (Å²) in [6.45, 7) is 7.73. The second-order valence-electron chi connectivity index (χ2n) is 7.63. The number of fused-ring (bicyclic) bond motifs is 1. The van der Waals surface area contributed by atoms with Gasteiger partial charge in [0, 0.05) is 5.41 Å². The summed E-state index contributed by atoms with van der Waals surface area (Å²) in [5.41, 5.74) is -2.19. The molecule has 0 saturated heterocycles. The van der Waals surface area contributed by atoms with Gasteiger partial charge in [-0.3, -0.25) is 4.79 Å². The van der Waals surface area contributed by atoms with Crippen LogP contribution >= 0.6 is 0 Å². The molecule has 0 amide bonds. The van der Waals surface area contributed by atoms with Gasteiger partial charge in [0.1, 0.15) is 0 Å². The third-order valence-electron chi connectivity index (χ3n) is 5.86. The zero-order valence-corrected chi connectivity index (χ0v) is 12.3. The zero-order chi connectivity index (χ0) is 14.6. The normalized spacial score (nSPS) is 48.8. The number of carboxylic acid groups (broad SMARTS) is 1. The fourth-order valence-electron chi connectivity index (χ4n) is 5.13. The molecule has 0 aliphatic heterocycles. The highest BCUT2D eigenvalue weighted by Crippen LogP contribution is 2.66. The molecule has 2 fully saturated rings. The van der Waals surface area contributed by atoms with Crippen LogP contribution in [-0.4, -0.2) is 33.5 Å². The van der Waals surface area contributed by atoms with E-state index in [1.54, 1.807) is 0 Å². The number of hydrogen-bond acceptors (Lipinski definition) is 3. The van der Waals surface area contributed by atoms with E-state index in [1.807, 2.05) is 13.8 Å². The van der Waals surface area contributed by atoms with Crippen LogP contribution in [-0.2, 0) is 4.79 Å². The molecular formula is C15H26O4. The molecule has 4 nitrogen and oxygen atoms in total. The molecule has 2 saturated carbocycles. The predicted octanol–water partition coefficient (Wildman–Crippen LogP) is 1.89. The summed E-state index contributed by atoms with van der Waals surface area (Å²) in [5, 5.41) is 30.7. The molecule has 0 aromatic heterocycles. The summed E-state index contributed by atoms with van der Waals surface area (Å²) in [5.74, 6) is -1.84. The van der Waals surface area contributed by atoms with Crippen molar-refractivity contribution in [3.8, 4) is 0 Å². The zero-order valence-electron chi connectivity index (χ0n) is 12.3. The molecular weight excluding hydrogens is 244 g/mol. The Morgan fingerprint density at radius 3 is 2.32 bits per heavy atom. The molecule has 2 rings (SSSR count). The number of aliphatic carboxylic acids is 1. The molecule has 110 valence electrons. The highest BCUT2D eigenvalue weighted by Gasteiger charge is 2.70. The lowest BCUT2D eigenvalue weighted by atomic mass is 9.56. The Balaban J connectivity index is 2.57. The fourth-order valence-corrected chi connectivity index (χ4v) is 5.13. The standard InChI is InChI=1S/C15H26O4/c1-9-5-6-10-13(2,3)7-14(4,8-16)15(10,19)11(9)12(17)18/h9-11,16,19H,5-8H2,1-4H3,(H,17,18)/t9-,10+,11+,14+,15-/m1/s1. The van der Waals surface area contributed by atoms with Gasteiger partial charge in [0.15, 0.2) is 0 Å². The van der Waals surface area contributed by atoms with Gasteiger partial charge in [0.2, 0.25) is 0 Å². The molecule has 0 unspecified atom stereocenters. The maximum absolute atomic E-state index is 11.7. The van der Waals surface area contributed by atoms with Crippen LogP contribution in [0.1, 0.15) is 47.0 Å². The number of carboxylic acids is 1. The van der Waals surface area contributed by atoms with Crippen molar-refractivity contribution in [1.82, 2.24) is 0 Å². The third kappa shape index (κ3) is 1.76. The van der Waals surface area contributed by atoms with Crippen molar-refractivity contribution in [3.05, 3.63) is 0 Å². The topological polar surface area (TPSA) is 77.8 Å². The minimum atomic E-state index is -1.31.